The lowest BCUT2D eigenvalue weighted by Gasteiger charge is -2.26. The van der Waals surface area contributed by atoms with E-state index >= 15 is 0 Å². The fourth-order valence-corrected chi connectivity index (χ4v) is 4.22. The number of hydrogen-bond acceptors (Lipinski definition) is 4. The van der Waals surface area contributed by atoms with Gasteiger partial charge in [-0.15, -0.1) is 0 Å². The number of amides is 1. The van der Waals surface area contributed by atoms with E-state index in [-0.39, 0.29) is 6.61 Å². The number of hydrogen-bond donors (Lipinski definition) is 3. The molecule has 3 atom stereocenters. The molecule has 0 aromatic heterocycles. The van der Waals surface area contributed by atoms with E-state index in [4.69, 9.17) is 33.0 Å². The van der Waals surface area contributed by atoms with E-state index in [1.54, 1.807) is 19.1 Å². The van der Waals surface area contributed by atoms with Crippen LogP contribution in [-0.2, 0) is 32.1 Å². The second-order valence-electron chi connectivity index (χ2n) is 8.68. The molecule has 0 saturated heterocycles. The summed E-state index contributed by atoms with van der Waals surface area (Å²) in [5.41, 5.74) is 1.81. The van der Waals surface area contributed by atoms with Crippen molar-refractivity contribution in [2.24, 2.45) is 5.92 Å². The maximum absolute atomic E-state index is 12.6. The van der Waals surface area contributed by atoms with Crippen LogP contribution in [0, 0.1) is 5.92 Å². The molecule has 0 saturated carbocycles. The summed E-state index contributed by atoms with van der Waals surface area (Å²) in [5.74, 6) is -4.49. The van der Waals surface area contributed by atoms with Gasteiger partial charge in [0.25, 0.3) is 0 Å². The third kappa shape index (κ3) is 7.95. The minimum atomic E-state index is -1.33. The maximum atomic E-state index is 12.6. The number of carboxylic acids is 2. The van der Waals surface area contributed by atoms with Gasteiger partial charge in [0, 0.05) is 12.8 Å². The number of nitrogens with one attached hydrogen (secondary N) is 1. The first kappa shape index (κ1) is 27.5. The van der Waals surface area contributed by atoms with Crippen molar-refractivity contribution in [3.63, 3.8) is 0 Å². The topological polar surface area (TPSA) is 113 Å². The molecule has 190 valence electrons. The molecule has 9 heteroatoms. The third-order valence-electron chi connectivity index (χ3n) is 5.85. The van der Waals surface area contributed by atoms with E-state index in [9.17, 15) is 19.5 Å². The molecule has 3 unspecified atom stereocenters. The number of halogens is 2. The molecular weight excluding hydrogens is 505 g/mol. The summed E-state index contributed by atoms with van der Waals surface area (Å²) in [5, 5.41) is 24.0. The number of ether oxygens (including phenoxy) is 1. The molecule has 3 rings (SSSR count). The van der Waals surface area contributed by atoms with Crippen LogP contribution in [0.25, 0.3) is 10.8 Å². The number of fused-ring (bicyclic) bond motifs is 1. The Hall–Kier alpha value is -3.13. The molecule has 3 aromatic carbocycles. The minimum absolute atomic E-state index is 0.286. The summed E-state index contributed by atoms with van der Waals surface area (Å²) in [6, 6.07) is 18.8. The molecule has 0 aliphatic rings. The van der Waals surface area contributed by atoms with Crippen molar-refractivity contribution in [1.82, 2.24) is 5.32 Å². The highest BCUT2D eigenvalue weighted by atomic mass is 35.5. The van der Waals surface area contributed by atoms with Gasteiger partial charge in [-0.1, -0.05) is 65.7 Å². The Morgan fingerprint density at radius 3 is 2.25 bits per heavy atom. The second kappa shape index (κ2) is 12.7. The van der Waals surface area contributed by atoms with E-state index in [1.807, 2.05) is 48.5 Å². The first-order valence-corrected chi connectivity index (χ1v) is 12.1. The average Bonchev–Trinajstić information content (AvgIpc) is 2.82. The number of carboxylic acid groups (broad SMARTS) is 2. The zero-order valence-corrected chi connectivity index (χ0v) is 21.1. The summed E-state index contributed by atoms with van der Waals surface area (Å²) in [7, 11) is 0. The summed E-state index contributed by atoms with van der Waals surface area (Å²) in [4.78, 5) is 34.9. The minimum Gasteiger partial charge on any atom is -0.481 e. The van der Waals surface area contributed by atoms with Crippen LogP contribution in [0.4, 0.5) is 0 Å². The molecule has 0 aliphatic heterocycles. The largest absolute Gasteiger partial charge is 0.481 e. The van der Waals surface area contributed by atoms with E-state index in [0.29, 0.717) is 16.5 Å². The molecule has 0 aliphatic carbocycles. The highest BCUT2D eigenvalue weighted by Gasteiger charge is 2.27. The molecule has 0 heterocycles. The normalized spacial score (nSPS) is 13.6. The number of carbonyl (C=O) groups excluding carboxylic acids is 1. The lowest BCUT2D eigenvalue weighted by Crippen LogP contribution is -2.44. The molecule has 7 nitrogen and oxygen atoms in total. The Labute approximate surface area is 219 Å². The Bertz CT molecular complexity index is 1250. The van der Waals surface area contributed by atoms with E-state index in [1.165, 1.54) is 0 Å². The lowest BCUT2D eigenvalue weighted by atomic mass is 9.99. The summed E-state index contributed by atoms with van der Waals surface area (Å²) in [6.45, 7) is 2.04. The van der Waals surface area contributed by atoms with Gasteiger partial charge in [-0.25, -0.2) is 0 Å². The van der Waals surface area contributed by atoms with Crippen molar-refractivity contribution in [3.05, 3.63) is 81.8 Å². The number of rotatable bonds is 12. The molecular formula is C27H27Cl2NO6. The molecule has 3 aromatic rings. The number of benzene rings is 3. The molecule has 0 spiro atoms. The van der Waals surface area contributed by atoms with Crippen molar-refractivity contribution >= 4 is 51.8 Å². The summed E-state index contributed by atoms with van der Waals surface area (Å²) in [6.07, 6.45) is -1.16. The summed E-state index contributed by atoms with van der Waals surface area (Å²) < 4.78 is 6.23. The highest BCUT2D eigenvalue weighted by Crippen LogP contribution is 2.25. The molecule has 0 bridgehead atoms. The van der Waals surface area contributed by atoms with Crippen LogP contribution in [0.5, 0.6) is 0 Å². The van der Waals surface area contributed by atoms with Crippen LogP contribution < -0.4 is 5.32 Å². The van der Waals surface area contributed by atoms with Gasteiger partial charge in [0.05, 0.1) is 41.1 Å². The first-order chi connectivity index (χ1) is 17.1. The predicted molar refractivity (Wildman–Crippen MR) is 138 cm³/mol. The SMILES string of the molecule is CC(NC(=O)CC(CC(=O)O)C(=O)O)C(Cc1ccc(Cl)c(Cl)c1)OCc1ccc2ccccc2c1. The first-order valence-electron chi connectivity index (χ1n) is 11.4. The van der Waals surface area contributed by atoms with Gasteiger partial charge in [-0.05, 0) is 47.0 Å². The molecule has 3 N–H and O–H groups in total. The quantitative estimate of drug-likeness (QED) is 0.290. The monoisotopic (exact) mass is 531 g/mol. The van der Waals surface area contributed by atoms with Crippen LogP contribution in [0.15, 0.2) is 60.7 Å². The summed E-state index contributed by atoms with van der Waals surface area (Å²) >= 11 is 12.2. The molecule has 0 radical (unpaired) electrons. The van der Waals surface area contributed by atoms with E-state index in [0.717, 1.165) is 21.9 Å². The fourth-order valence-electron chi connectivity index (χ4n) is 3.90. The van der Waals surface area contributed by atoms with Crippen LogP contribution in [0.2, 0.25) is 10.0 Å². The fraction of sp³-hybridized carbons (Fsp3) is 0.296. The van der Waals surface area contributed by atoms with Gasteiger partial charge in [-0.3, -0.25) is 14.4 Å². The van der Waals surface area contributed by atoms with Gasteiger partial charge in [0.1, 0.15) is 0 Å². The van der Waals surface area contributed by atoms with E-state index < -0.39 is 48.8 Å². The number of carbonyl (C=O) groups is 3. The van der Waals surface area contributed by atoms with Crippen LogP contribution >= 0.6 is 23.2 Å². The zero-order chi connectivity index (χ0) is 26.2. The Balaban J connectivity index is 1.73. The average molecular weight is 532 g/mol. The molecule has 0 fully saturated rings. The van der Waals surface area contributed by atoms with Crippen LogP contribution in [0.3, 0.4) is 0 Å². The van der Waals surface area contributed by atoms with Gasteiger partial charge in [-0.2, -0.15) is 0 Å². The van der Waals surface area contributed by atoms with Gasteiger partial charge in [0.15, 0.2) is 0 Å². The number of aliphatic carboxylic acids is 2. The zero-order valence-electron chi connectivity index (χ0n) is 19.6. The molecule has 1 amide bonds. The van der Waals surface area contributed by atoms with Crippen molar-refractivity contribution in [1.29, 1.82) is 0 Å². The highest BCUT2D eigenvalue weighted by molar-refractivity contribution is 6.42. The van der Waals surface area contributed by atoms with Gasteiger partial charge >= 0.3 is 11.9 Å². The smallest absolute Gasteiger partial charge is 0.307 e. The van der Waals surface area contributed by atoms with E-state index in [2.05, 4.69) is 5.32 Å². The Kier molecular flexibility index (Phi) is 9.70. The van der Waals surface area contributed by atoms with Gasteiger partial charge < -0.3 is 20.3 Å². The van der Waals surface area contributed by atoms with Crippen LogP contribution in [-0.4, -0.2) is 40.2 Å². The lowest BCUT2D eigenvalue weighted by molar-refractivity contribution is -0.149. The second-order valence-corrected chi connectivity index (χ2v) is 9.49. The van der Waals surface area contributed by atoms with Crippen LogP contribution in [0.1, 0.15) is 30.9 Å². The maximum Gasteiger partial charge on any atom is 0.307 e. The van der Waals surface area contributed by atoms with Crippen molar-refractivity contribution in [2.45, 2.75) is 44.9 Å². The van der Waals surface area contributed by atoms with Gasteiger partial charge in [0.2, 0.25) is 5.91 Å². The Morgan fingerprint density at radius 1 is 0.889 bits per heavy atom. The van der Waals surface area contributed by atoms with Crippen molar-refractivity contribution in [3.8, 4) is 0 Å². The standard InChI is InChI=1S/C27H27Cl2NO6/c1-16(30-25(31)13-21(27(34)35)14-26(32)33)24(12-17-7-9-22(28)23(29)11-17)36-15-18-6-8-19-4-2-3-5-20(19)10-18/h2-11,16,21,24H,12-15H2,1H3,(H,30,31)(H,32,33)(H,34,35). The third-order valence-corrected chi connectivity index (χ3v) is 6.59. The predicted octanol–water partition coefficient (Wildman–Crippen LogP) is 5.34. The van der Waals surface area contributed by atoms with Crippen molar-refractivity contribution < 1.29 is 29.3 Å². The Morgan fingerprint density at radius 2 is 1.58 bits per heavy atom. The van der Waals surface area contributed by atoms with Crippen molar-refractivity contribution in [2.75, 3.05) is 0 Å². The molecule has 36 heavy (non-hydrogen) atoms.